The van der Waals surface area contributed by atoms with E-state index in [1.807, 2.05) is 6.07 Å². The quantitative estimate of drug-likeness (QED) is 0.326. The summed E-state index contributed by atoms with van der Waals surface area (Å²) in [7, 11) is 0. The Hall–Kier alpha value is -4.60. The predicted molar refractivity (Wildman–Crippen MR) is 126 cm³/mol. The fourth-order valence-corrected chi connectivity index (χ4v) is 3.83. The number of fused-ring (bicyclic) bond motifs is 2. The minimum atomic E-state index is -4.60. The van der Waals surface area contributed by atoms with Crippen molar-refractivity contribution in [2.45, 2.75) is 12.2 Å². The van der Waals surface area contributed by atoms with Crippen molar-refractivity contribution in [3.63, 3.8) is 0 Å². The van der Waals surface area contributed by atoms with Crippen molar-refractivity contribution >= 4 is 27.9 Å². The highest BCUT2D eigenvalue weighted by molar-refractivity contribution is 5.81. The van der Waals surface area contributed by atoms with Crippen molar-refractivity contribution in [3.05, 3.63) is 106 Å². The molecule has 0 saturated heterocycles. The summed E-state index contributed by atoms with van der Waals surface area (Å²) in [4.78, 5) is 30.2. The van der Waals surface area contributed by atoms with Gasteiger partial charge in [0.05, 0.1) is 17.1 Å². The molecule has 3 aromatic carbocycles. The number of halogens is 3. The van der Waals surface area contributed by atoms with Crippen LogP contribution in [0.3, 0.4) is 0 Å². The maximum absolute atomic E-state index is 13.1. The molecule has 36 heavy (non-hydrogen) atoms. The van der Waals surface area contributed by atoms with Gasteiger partial charge in [-0.3, -0.25) is 4.79 Å². The summed E-state index contributed by atoms with van der Waals surface area (Å²) < 4.78 is 49.9. The number of H-pyrrole nitrogens is 1. The van der Waals surface area contributed by atoms with Gasteiger partial charge in [0.1, 0.15) is 11.3 Å². The lowest BCUT2D eigenvalue weighted by Crippen LogP contribution is -2.33. The van der Waals surface area contributed by atoms with Gasteiger partial charge < -0.3 is 19.5 Å². The van der Waals surface area contributed by atoms with Gasteiger partial charge in [-0.25, -0.2) is 9.78 Å². The topological polar surface area (TPSA) is 97.2 Å². The van der Waals surface area contributed by atoms with Gasteiger partial charge in [0.2, 0.25) is 5.82 Å². The monoisotopic (exact) mass is 493 g/mol. The third-order valence-electron chi connectivity index (χ3n) is 5.51. The number of hydrogen-bond acceptors (Lipinski definition) is 5. The van der Waals surface area contributed by atoms with Crippen LogP contribution >= 0.6 is 0 Å². The molecule has 7 nitrogen and oxygen atoms in total. The largest absolute Gasteiger partial charge is 0.484 e. The molecule has 1 unspecified atom stereocenters. The molecule has 0 spiro atoms. The third-order valence-corrected chi connectivity index (χ3v) is 5.51. The molecule has 0 bridgehead atoms. The third kappa shape index (κ3) is 4.92. The Morgan fingerprint density at radius 1 is 1.00 bits per heavy atom. The molecule has 5 rings (SSSR count). The van der Waals surface area contributed by atoms with Crippen LogP contribution in [0.5, 0.6) is 5.75 Å². The number of carbonyl (C=O) groups is 1. The molecule has 0 aliphatic carbocycles. The second kappa shape index (κ2) is 9.21. The molecule has 10 heteroatoms. The van der Waals surface area contributed by atoms with E-state index in [4.69, 9.17) is 9.15 Å². The SMILES string of the molecule is O=C(COc1ccc2ccc(=O)oc2c1)NC(c1ccccc1)c1ccc2nc(C(F)(F)F)[nH]c2c1. The van der Waals surface area contributed by atoms with E-state index < -0.39 is 29.6 Å². The lowest BCUT2D eigenvalue weighted by atomic mass is 9.98. The second-order valence-corrected chi connectivity index (χ2v) is 8.01. The van der Waals surface area contributed by atoms with Crippen molar-refractivity contribution in [3.8, 4) is 5.75 Å². The first kappa shape index (κ1) is 23.2. The van der Waals surface area contributed by atoms with Crippen LogP contribution in [0.2, 0.25) is 0 Å². The van der Waals surface area contributed by atoms with Crippen LogP contribution < -0.4 is 15.7 Å². The number of carbonyl (C=O) groups excluding carboxylic acids is 1. The van der Waals surface area contributed by atoms with Crippen molar-refractivity contribution in [1.82, 2.24) is 15.3 Å². The van der Waals surface area contributed by atoms with Crippen molar-refractivity contribution < 1.29 is 27.1 Å². The first-order valence-corrected chi connectivity index (χ1v) is 10.8. The van der Waals surface area contributed by atoms with Gasteiger partial charge in [-0.05, 0) is 41.5 Å². The van der Waals surface area contributed by atoms with Crippen LogP contribution in [0.1, 0.15) is 23.0 Å². The number of ether oxygens (including phenoxy) is 1. The van der Waals surface area contributed by atoms with E-state index in [-0.39, 0.29) is 17.6 Å². The standard InChI is InChI=1S/C26H18F3N3O4/c27-26(28,29)25-30-19-10-7-17(12-20(19)31-25)24(16-4-2-1-3-5-16)32-22(33)14-35-18-9-6-15-8-11-23(34)36-21(15)13-18/h1-13,24H,14H2,(H,30,31)(H,32,33). The fourth-order valence-electron chi connectivity index (χ4n) is 3.83. The van der Waals surface area contributed by atoms with Crippen LogP contribution in [-0.2, 0) is 11.0 Å². The summed E-state index contributed by atoms with van der Waals surface area (Å²) >= 11 is 0. The molecule has 0 radical (unpaired) electrons. The molecule has 0 saturated carbocycles. The van der Waals surface area contributed by atoms with E-state index in [0.29, 0.717) is 22.3 Å². The molecule has 0 fully saturated rings. The van der Waals surface area contributed by atoms with Crippen LogP contribution in [0.25, 0.3) is 22.0 Å². The summed E-state index contributed by atoms with van der Waals surface area (Å²) in [6.07, 6.45) is -4.60. The Labute approximate surface area is 201 Å². The van der Waals surface area contributed by atoms with Crippen LogP contribution in [0, 0.1) is 0 Å². The number of amides is 1. The Morgan fingerprint density at radius 3 is 2.56 bits per heavy atom. The predicted octanol–water partition coefficient (Wildman–Crippen LogP) is 4.97. The van der Waals surface area contributed by atoms with Gasteiger partial charge in [-0.15, -0.1) is 0 Å². The van der Waals surface area contributed by atoms with Gasteiger partial charge in [-0.2, -0.15) is 13.2 Å². The second-order valence-electron chi connectivity index (χ2n) is 8.01. The molecule has 2 N–H and O–H groups in total. The molecular weight excluding hydrogens is 475 g/mol. The van der Waals surface area contributed by atoms with Crippen LogP contribution in [0.4, 0.5) is 13.2 Å². The highest BCUT2D eigenvalue weighted by atomic mass is 19.4. The molecule has 2 heterocycles. The number of aromatic nitrogens is 2. The van der Waals surface area contributed by atoms with Gasteiger partial charge in [-0.1, -0.05) is 36.4 Å². The molecule has 1 amide bonds. The van der Waals surface area contributed by atoms with E-state index in [2.05, 4.69) is 15.3 Å². The van der Waals surface area contributed by atoms with Gasteiger partial charge in [0.25, 0.3) is 5.91 Å². The van der Waals surface area contributed by atoms with E-state index in [1.54, 1.807) is 48.5 Å². The first-order valence-electron chi connectivity index (χ1n) is 10.8. The Bertz CT molecular complexity index is 1610. The van der Waals surface area contributed by atoms with E-state index in [9.17, 15) is 22.8 Å². The minimum absolute atomic E-state index is 0.163. The maximum Gasteiger partial charge on any atom is 0.449 e. The first-order chi connectivity index (χ1) is 17.3. The van der Waals surface area contributed by atoms with Crippen molar-refractivity contribution in [2.24, 2.45) is 0 Å². The lowest BCUT2D eigenvalue weighted by Gasteiger charge is -2.20. The van der Waals surface area contributed by atoms with Gasteiger partial charge >= 0.3 is 11.8 Å². The van der Waals surface area contributed by atoms with Crippen LogP contribution in [0.15, 0.2) is 88.1 Å². The molecular formula is C26H18F3N3O4. The molecule has 5 aromatic rings. The summed E-state index contributed by atoms with van der Waals surface area (Å²) in [6, 6.07) is 20.8. The lowest BCUT2D eigenvalue weighted by molar-refractivity contribution is -0.144. The van der Waals surface area contributed by atoms with Gasteiger partial charge in [0, 0.05) is 17.5 Å². The number of aromatic amines is 1. The van der Waals surface area contributed by atoms with Crippen molar-refractivity contribution in [1.29, 1.82) is 0 Å². The molecule has 1 atom stereocenters. The molecule has 0 aliphatic rings. The van der Waals surface area contributed by atoms with Crippen molar-refractivity contribution in [2.75, 3.05) is 6.61 Å². The van der Waals surface area contributed by atoms with Crippen LogP contribution in [-0.4, -0.2) is 22.5 Å². The van der Waals surface area contributed by atoms with E-state index >= 15 is 0 Å². The number of rotatable bonds is 6. The Kier molecular flexibility index (Phi) is 5.93. The summed E-state index contributed by atoms with van der Waals surface area (Å²) in [6.45, 7) is -0.337. The molecule has 0 aliphatic heterocycles. The fraction of sp³-hybridized carbons (Fsp3) is 0.115. The number of hydrogen-bond donors (Lipinski definition) is 2. The number of alkyl halides is 3. The number of imidazole rings is 1. The van der Waals surface area contributed by atoms with Gasteiger partial charge in [0.15, 0.2) is 6.61 Å². The zero-order valence-electron chi connectivity index (χ0n) is 18.5. The molecule has 2 aromatic heterocycles. The number of nitrogens with one attached hydrogen (secondary N) is 2. The Morgan fingerprint density at radius 2 is 1.78 bits per heavy atom. The highest BCUT2D eigenvalue weighted by Crippen LogP contribution is 2.30. The minimum Gasteiger partial charge on any atom is -0.484 e. The average molecular weight is 493 g/mol. The molecule has 182 valence electrons. The zero-order valence-corrected chi connectivity index (χ0v) is 18.5. The smallest absolute Gasteiger partial charge is 0.449 e. The Balaban J connectivity index is 1.37. The normalized spacial score (nSPS) is 12.5. The van der Waals surface area contributed by atoms with E-state index in [0.717, 1.165) is 5.56 Å². The highest BCUT2D eigenvalue weighted by Gasteiger charge is 2.34. The summed E-state index contributed by atoms with van der Waals surface area (Å²) in [5.74, 6) is -1.21. The number of nitrogens with zero attached hydrogens (tertiary/aromatic N) is 1. The summed E-state index contributed by atoms with van der Waals surface area (Å²) in [5.41, 5.74) is 1.48. The van der Waals surface area contributed by atoms with E-state index in [1.165, 1.54) is 24.3 Å². The zero-order chi connectivity index (χ0) is 25.3. The average Bonchev–Trinajstić information content (AvgIpc) is 3.30. The maximum atomic E-state index is 13.1. The summed E-state index contributed by atoms with van der Waals surface area (Å²) in [5, 5.41) is 3.58. The number of benzene rings is 3.